The van der Waals surface area contributed by atoms with Crippen LogP contribution in [0.15, 0.2) is 77.7 Å². The molecule has 4 rings (SSSR count). The Kier molecular flexibility index (Phi) is 8.15. The summed E-state index contributed by atoms with van der Waals surface area (Å²) in [4.78, 5) is 14.1. The zero-order valence-electron chi connectivity index (χ0n) is 19.3. The summed E-state index contributed by atoms with van der Waals surface area (Å²) < 4.78 is 28.4. The fourth-order valence-electron chi connectivity index (χ4n) is 3.61. The van der Waals surface area contributed by atoms with E-state index in [1.807, 2.05) is 30.3 Å². The van der Waals surface area contributed by atoms with E-state index in [-0.39, 0.29) is 30.1 Å². The van der Waals surface area contributed by atoms with E-state index in [2.05, 4.69) is 20.1 Å². The molecule has 1 heterocycles. The lowest BCUT2D eigenvalue weighted by atomic mass is 10.1. The molecule has 0 saturated carbocycles. The largest absolute Gasteiger partial charge is 0.296 e. The van der Waals surface area contributed by atoms with Crippen molar-refractivity contribution in [1.82, 2.24) is 24.9 Å². The van der Waals surface area contributed by atoms with Crippen LogP contribution in [0.3, 0.4) is 0 Å². The molecule has 186 valence electrons. The number of ketones is 1. The summed E-state index contributed by atoms with van der Waals surface area (Å²) in [7, 11) is -3.92. The van der Waals surface area contributed by atoms with Gasteiger partial charge in [0.2, 0.25) is 10.0 Å². The zero-order chi connectivity index (χ0) is 25.7. The van der Waals surface area contributed by atoms with Crippen molar-refractivity contribution in [2.45, 2.75) is 37.2 Å². The number of tetrazole rings is 1. The summed E-state index contributed by atoms with van der Waals surface area (Å²) in [6.45, 7) is 1.49. The molecule has 0 spiro atoms. The number of carbonyl (C=O) groups excluding carboxylic acids is 1. The maximum absolute atomic E-state index is 12.9. The molecule has 1 N–H and O–H groups in total. The number of halogens is 2. The first-order chi connectivity index (χ1) is 17.3. The minimum Gasteiger partial charge on any atom is -0.296 e. The molecule has 0 aliphatic heterocycles. The Labute approximate surface area is 219 Å². The van der Waals surface area contributed by atoms with Gasteiger partial charge in [-0.3, -0.25) is 4.79 Å². The van der Waals surface area contributed by atoms with E-state index in [0.717, 1.165) is 15.9 Å². The Hall–Kier alpha value is -3.11. The van der Waals surface area contributed by atoms with Crippen LogP contribution in [0, 0.1) is 0 Å². The molecule has 3 aromatic carbocycles. The van der Waals surface area contributed by atoms with Crippen LogP contribution in [-0.2, 0) is 27.8 Å². The average molecular weight is 544 g/mol. The Morgan fingerprint density at radius 3 is 2.22 bits per heavy atom. The summed E-state index contributed by atoms with van der Waals surface area (Å²) in [5.74, 6) is -0.0494. The zero-order valence-corrected chi connectivity index (χ0v) is 21.6. The van der Waals surface area contributed by atoms with E-state index in [9.17, 15) is 13.2 Å². The first-order valence-corrected chi connectivity index (χ1v) is 13.4. The van der Waals surface area contributed by atoms with Gasteiger partial charge in [-0.25, -0.2) is 13.1 Å². The summed E-state index contributed by atoms with van der Waals surface area (Å²) >= 11 is 12.4. The molecule has 8 nitrogen and oxygen atoms in total. The number of benzene rings is 3. The fraction of sp³-hybridized carbons (Fsp3) is 0.200. The lowest BCUT2D eigenvalue weighted by Crippen LogP contribution is -2.42. The van der Waals surface area contributed by atoms with E-state index in [1.54, 1.807) is 37.3 Å². The van der Waals surface area contributed by atoms with Crippen LogP contribution < -0.4 is 4.72 Å². The number of sulfonamides is 1. The third-order valence-electron chi connectivity index (χ3n) is 5.55. The lowest BCUT2D eigenvalue weighted by Gasteiger charge is -2.16. The minimum absolute atomic E-state index is 0.0752. The summed E-state index contributed by atoms with van der Waals surface area (Å²) in [5, 5.41) is 13.0. The predicted octanol–water partition coefficient (Wildman–Crippen LogP) is 4.56. The molecule has 0 amide bonds. The number of rotatable bonds is 10. The molecule has 0 aliphatic carbocycles. The predicted molar refractivity (Wildman–Crippen MR) is 138 cm³/mol. The van der Waals surface area contributed by atoms with Crippen molar-refractivity contribution < 1.29 is 13.2 Å². The van der Waals surface area contributed by atoms with Gasteiger partial charge < -0.3 is 0 Å². The van der Waals surface area contributed by atoms with Gasteiger partial charge in [0.05, 0.1) is 10.9 Å². The monoisotopic (exact) mass is 543 g/mol. The Morgan fingerprint density at radius 2 is 1.58 bits per heavy atom. The third-order valence-corrected chi connectivity index (χ3v) is 7.75. The van der Waals surface area contributed by atoms with Crippen molar-refractivity contribution in [3.63, 3.8) is 0 Å². The van der Waals surface area contributed by atoms with Crippen molar-refractivity contribution in [2.24, 2.45) is 0 Å². The molecule has 11 heteroatoms. The molecule has 0 radical (unpaired) electrons. The van der Waals surface area contributed by atoms with Crippen LogP contribution in [0.25, 0.3) is 11.1 Å². The summed E-state index contributed by atoms with van der Waals surface area (Å²) in [6.07, 6.45) is 0.506. The SMILES string of the molecule is CCC(NS(=O)(=O)c1ccc(-c2ccccc2)cc1)C(=O)Cn1nnc(Cc2c(Cl)cccc2Cl)n1. The standard InChI is InChI=1S/C25H23Cl2N5O3S/c1-2-23(30-36(34,35)19-13-11-18(12-14-19)17-7-4-3-5-8-17)24(33)16-32-29-25(28-31-32)15-20-21(26)9-6-10-22(20)27/h3-14,23,30H,2,15-16H2,1H3. The Bertz CT molecular complexity index is 1440. The topological polar surface area (TPSA) is 107 Å². The number of hydrogen-bond acceptors (Lipinski definition) is 6. The van der Waals surface area contributed by atoms with Gasteiger partial charge in [0.15, 0.2) is 11.6 Å². The molecule has 0 saturated heterocycles. The summed E-state index contributed by atoms with van der Waals surface area (Å²) in [5.41, 5.74) is 2.53. The second kappa shape index (κ2) is 11.3. The van der Waals surface area contributed by atoms with Crippen molar-refractivity contribution in [3.8, 4) is 11.1 Å². The van der Waals surface area contributed by atoms with Crippen LogP contribution in [0.5, 0.6) is 0 Å². The normalized spacial score (nSPS) is 12.4. The van der Waals surface area contributed by atoms with Crippen molar-refractivity contribution in [1.29, 1.82) is 0 Å². The average Bonchev–Trinajstić information content (AvgIpc) is 3.32. The third kappa shape index (κ3) is 6.17. The van der Waals surface area contributed by atoms with Crippen LogP contribution in [0.1, 0.15) is 24.7 Å². The van der Waals surface area contributed by atoms with Crippen LogP contribution in [-0.4, -0.2) is 40.5 Å². The Morgan fingerprint density at radius 1 is 0.944 bits per heavy atom. The highest BCUT2D eigenvalue weighted by molar-refractivity contribution is 7.89. The van der Waals surface area contributed by atoms with Crippen LogP contribution >= 0.6 is 23.2 Å². The molecule has 4 aromatic rings. The highest BCUT2D eigenvalue weighted by Gasteiger charge is 2.25. The quantitative estimate of drug-likeness (QED) is 0.314. The molecule has 0 fully saturated rings. The number of Topliss-reactive ketones (excluding diaryl/α,β-unsaturated/α-hetero) is 1. The second-order valence-electron chi connectivity index (χ2n) is 8.05. The first kappa shape index (κ1) is 26.0. The van der Waals surface area contributed by atoms with E-state index in [1.165, 1.54) is 12.1 Å². The molecule has 36 heavy (non-hydrogen) atoms. The number of nitrogens with zero attached hydrogens (tertiary/aromatic N) is 4. The van der Waals surface area contributed by atoms with E-state index in [4.69, 9.17) is 23.2 Å². The molecule has 0 aliphatic rings. The molecule has 1 aromatic heterocycles. The first-order valence-electron chi connectivity index (χ1n) is 11.2. The fourth-order valence-corrected chi connectivity index (χ4v) is 5.45. The van der Waals surface area contributed by atoms with Crippen LogP contribution in [0.2, 0.25) is 10.0 Å². The van der Waals surface area contributed by atoms with Gasteiger partial charge >= 0.3 is 0 Å². The van der Waals surface area contributed by atoms with Gasteiger partial charge in [-0.2, -0.15) is 4.80 Å². The molecule has 1 atom stereocenters. The van der Waals surface area contributed by atoms with Gasteiger partial charge in [-0.1, -0.05) is 78.7 Å². The van der Waals surface area contributed by atoms with Gasteiger partial charge in [-0.15, -0.1) is 10.2 Å². The maximum Gasteiger partial charge on any atom is 0.241 e. The minimum atomic E-state index is -3.92. The van der Waals surface area contributed by atoms with Crippen LogP contribution in [0.4, 0.5) is 0 Å². The summed E-state index contributed by atoms with van der Waals surface area (Å²) in [6, 6.07) is 20.4. The van der Waals surface area contributed by atoms with E-state index >= 15 is 0 Å². The molecular weight excluding hydrogens is 521 g/mol. The van der Waals surface area contributed by atoms with Crippen molar-refractivity contribution >= 4 is 39.0 Å². The van der Waals surface area contributed by atoms with Crippen molar-refractivity contribution in [3.05, 3.63) is 94.2 Å². The number of hydrogen-bond donors (Lipinski definition) is 1. The van der Waals surface area contributed by atoms with Crippen molar-refractivity contribution in [2.75, 3.05) is 0 Å². The highest BCUT2D eigenvalue weighted by atomic mass is 35.5. The van der Waals surface area contributed by atoms with Gasteiger partial charge in [0, 0.05) is 16.5 Å². The number of nitrogens with one attached hydrogen (secondary N) is 1. The maximum atomic E-state index is 12.9. The van der Waals surface area contributed by atoms with E-state index < -0.39 is 16.1 Å². The molecular formula is C25H23Cl2N5O3S. The number of aromatic nitrogens is 4. The molecule has 1 unspecified atom stereocenters. The number of carbonyl (C=O) groups is 1. The molecule has 0 bridgehead atoms. The van der Waals surface area contributed by atoms with E-state index in [0.29, 0.717) is 21.4 Å². The smallest absolute Gasteiger partial charge is 0.241 e. The van der Waals surface area contributed by atoms with Gasteiger partial charge in [-0.05, 0) is 52.6 Å². The second-order valence-corrected chi connectivity index (χ2v) is 10.6. The lowest BCUT2D eigenvalue weighted by molar-refractivity contribution is -0.121. The highest BCUT2D eigenvalue weighted by Crippen LogP contribution is 2.26. The Balaban J connectivity index is 1.42. The van der Waals surface area contributed by atoms with Gasteiger partial charge in [0.25, 0.3) is 0 Å². The van der Waals surface area contributed by atoms with Gasteiger partial charge in [0.1, 0.15) is 6.54 Å².